The van der Waals surface area contributed by atoms with Gasteiger partial charge in [-0.3, -0.25) is 14.2 Å². The Labute approximate surface area is 146 Å². The number of nitrogens with zero attached hydrogens (tertiary/aromatic N) is 2. The lowest BCUT2D eigenvalue weighted by atomic mass is 10.2. The molecule has 0 aliphatic rings. The molecule has 0 bridgehead atoms. The summed E-state index contributed by atoms with van der Waals surface area (Å²) < 4.78 is 39.4. The molecule has 0 fully saturated rings. The fourth-order valence-corrected chi connectivity index (χ4v) is 2.51. The van der Waals surface area contributed by atoms with Gasteiger partial charge in [0.25, 0.3) is 5.56 Å². The minimum Gasteiger partial charge on any atom is -0.324 e. The molecule has 3 rings (SSSR count). The highest BCUT2D eigenvalue weighted by molar-refractivity contribution is 5.93. The van der Waals surface area contributed by atoms with Gasteiger partial charge in [0, 0.05) is 5.69 Å². The maximum atomic E-state index is 12.8. The van der Waals surface area contributed by atoms with Gasteiger partial charge in [0.1, 0.15) is 6.04 Å². The number of alkyl halides is 3. The van der Waals surface area contributed by atoms with Gasteiger partial charge in [-0.15, -0.1) is 0 Å². The first-order chi connectivity index (χ1) is 12.3. The number of hydrogen-bond acceptors (Lipinski definition) is 3. The summed E-state index contributed by atoms with van der Waals surface area (Å²) in [4.78, 5) is 29.0. The summed E-state index contributed by atoms with van der Waals surface area (Å²) in [6.07, 6.45) is -3.26. The van der Waals surface area contributed by atoms with Crippen molar-refractivity contribution in [3.63, 3.8) is 0 Å². The van der Waals surface area contributed by atoms with E-state index in [0.717, 1.165) is 16.7 Å². The van der Waals surface area contributed by atoms with Gasteiger partial charge in [0.05, 0.1) is 22.8 Å². The van der Waals surface area contributed by atoms with E-state index >= 15 is 0 Å². The SMILES string of the molecule is CC(C(=O)Nc1cccc(C(F)(F)F)c1)n1cnc2ccccc2c1=O. The molecule has 0 radical (unpaired) electrons. The number of rotatable bonds is 3. The number of halogens is 3. The van der Waals surface area contributed by atoms with Crippen LogP contribution in [0.3, 0.4) is 0 Å². The van der Waals surface area contributed by atoms with E-state index in [1.807, 2.05) is 0 Å². The molecule has 0 saturated heterocycles. The number of amides is 1. The third-order valence-electron chi connectivity index (χ3n) is 3.94. The summed E-state index contributed by atoms with van der Waals surface area (Å²) in [5, 5.41) is 2.76. The Morgan fingerprint density at radius 3 is 2.62 bits per heavy atom. The molecule has 0 saturated carbocycles. The maximum Gasteiger partial charge on any atom is 0.416 e. The number of aromatic nitrogens is 2. The first-order valence-corrected chi connectivity index (χ1v) is 7.71. The molecule has 1 aromatic heterocycles. The molecule has 1 atom stereocenters. The van der Waals surface area contributed by atoms with E-state index in [-0.39, 0.29) is 5.69 Å². The van der Waals surface area contributed by atoms with Crippen molar-refractivity contribution in [3.8, 4) is 0 Å². The van der Waals surface area contributed by atoms with E-state index in [2.05, 4.69) is 10.3 Å². The highest BCUT2D eigenvalue weighted by Gasteiger charge is 2.30. The number of para-hydroxylation sites is 1. The molecule has 1 amide bonds. The fourth-order valence-electron chi connectivity index (χ4n) is 2.51. The van der Waals surface area contributed by atoms with Gasteiger partial charge in [-0.2, -0.15) is 13.2 Å². The summed E-state index contributed by atoms with van der Waals surface area (Å²) in [5.41, 5.74) is -0.771. The lowest BCUT2D eigenvalue weighted by Crippen LogP contribution is -2.31. The lowest BCUT2D eigenvalue weighted by molar-refractivity contribution is -0.137. The van der Waals surface area contributed by atoms with Crippen LogP contribution in [0.15, 0.2) is 59.7 Å². The minimum absolute atomic E-state index is 0.00141. The number of hydrogen-bond donors (Lipinski definition) is 1. The van der Waals surface area contributed by atoms with E-state index in [1.165, 1.54) is 25.4 Å². The molecule has 0 spiro atoms. The smallest absolute Gasteiger partial charge is 0.324 e. The van der Waals surface area contributed by atoms with Crippen molar-refractivity contribution in [2.24, 2.45) is 0 Å². The van der Waals surface area contributed by atoms with Crippen LogP contribution in [0.2, 0.25) is 0 Å². The molecule has 0 aliphatic heterocycles. The summed E-state index contributed by atoms with van der Waals surface area (Å²) >= 11 is 0. The summed E-state index contributed by atoms with van der Waals surface area (Å²) in [6.45, 7) is 1.47. The third kappa shape index (κ3) is 3.44. The van der Waals surface area contributed by atoms with Crippen molar-refractivity contribution in [2.45, 2.75) is 19.1 Å². The monoisotopic (exact) mass is 361 g/mol. The molecule has 1 N–H and O–H groups in total. The van der Waals surface area contributed by atoms with E-state index in [0.29, 0.717) is 10.9 Å². The van der Waals surface area contributed by atoms with Crippen LogP contribution in [0.1, 0.15) is 18.5 Å². The molecule has 2 aromatic carbocycles. The zero-order chi connectivity index (χ0) is 18.9. The van der Waals surface area contributed by atoms with Crippen LogP contribution in [-0.4, -0.2) is 15.5 Å². The highest BCUT2D eigenvalue weighted by Crippen LogP contribution is 2.30. The van der Waals surface area contributed by atoms with Gasteiger partial charge in [-0.1, -0.05) is 18.2 Å². The van der Waals surface area contributed by atoms with E-state index in [9.17, 15) is 22.8 Å². The zero-order valence-corrected chi connectivity index (χ0v) is 13.6. The fraction of sp³-hybridized carbons (Fsp3) is 0.167. The van der Waals surface area contributed by atoms with Crippen LogP contribution in [0.5, 0.6) is 0 Å². The molecule has 26 heavy (non-hydrogen) atoms. The second kappa shape index (κ2) is 6.62. The summed E-state index contributed by atoms with van der Waals surface area (Å²) in [5.74, 6) is -0.622. The molecule has 1 unspecified atom stereocenters. The molecular formula is C18H14F3N3O2. The van der Waals surface area contributed by atoms with Crippen LogP contribution in [0.4, 0.5) is 18.9 Å². The highest BCUT2D eigenvalue weighted by atomic mass is 19.4. The van der Waals surface area contributed by atoms with Crippen molar-refractivity contribution in [1.29, 1.82) is 0 Å². The third-order valence-corrected chi connectivity index (χ3v) is 3.94. The second-order valence-corrected chi connectivity index (χ2v) is 5.72. The van der Waals surface area contributed by atoms with Gasteiger partial charge >= 0.3 is 6.18 Å². The average Bonchev–Trinajstić information content (AvgIpc) is 2.61. The molecule has 1 heterocycles. The summed E-state index contributed by atoms with van der Waals surface area (Å²) in [6, 6.07) is 10.0. The number of carbonyl (C=O) groups excluding carboxylic acids is 1. The van der Waals surface area contributed by atoms with Crippen LogP contribution >= 0.6 is 0 Å². The number of nitrogens with one attached hydrogen (secondary N) is 1. The number of anilines is 1. The van der Waals surface area contributed by atoms with Crippen molar-refractivity contribution in [1.82, 2.24) is 9.55 Å². The number of fused-ring (bicyclic) bond motifs is 1. The predicted octanol–water partition coefficient (Wildman–Crippen LogP) is 3.62. The lowest BCUT2D eigenvalue weighted by Gasteiger charge is -2.16. The van der Waals surface area contributed by atoms with Gasteiger partial charge in [0.2, 0.25) is 5.91 Å². The van der Waals surface area contributed by atoms with Crippen LogP contribution in [0.25, 0.3) is 10.9 Å². The van der Waals surface area contributed by atoms with Gasteiger partial charge in [-0.05, 0) is 37.3 Å². The Kier molecular flexibility index (Phi) is 4.50. The van der Waals surface area contributed by atoms with Gasteiger partial charge in [-0.25, -0.2) is 4.98 Å². The predicted molar refractivity (Wildman–Crippen MR) is 90.8 cm³/mol. The van der Waals surface area contributed by atoms with Crippen molar-refractivity contribution in [3.05, 3.63) is 70.8 Å². The largest absolute Gasteiger partial charge is 0.416 e. The minimum atomic E-state index is -4.51. The van der Waals surface area contributed by atoms with E-state index in [4.69, 9.17) is 0 Å². The second-order valence-electron chi connectivity index (χ2n) is 5.72. The first kappa shape index (κ1) is 17.7. The Balaban J connectivity index is 1.87. The van der Waals surface area contributed by atoms with Crippen LogP contribution < -0.4 is 10.9 Å². The van der Waals surface area contributed by atoms with Crippen molar-refractivity contribution < 1.29 is 18.0 Å². The molecule has 134 valence electrons. The van der Waals surface area contributed by atoms with Crippen LogP contribution in [-0.2, 0) is 11.0 Å². The van der Waals surface area contributed by atoms with Crippen molar-refractivity contribution >= 4 is 22.5 Å². The standard InChI is InChI=1S/C18H14F3N3O2/c1-11(24-10-22-15-8-3-2-7-14(15)17(24)26)16(25)23-13-6-4-5-12(9-13)18(19,20)21/h2-11H,1H3,(H,23,25). The van der Waals surface area contributed by atoms with Crippen LogP contribution in [0, 0.1) is 0 Å². The maximum absolute atomic E-state index is 12.8. The molecule has 3 aromatic rings. The van der Waals surface area contributed by atoms with E-state index in [1.54, 1.807) is 24.3 Å². The van der Waals surface area contributed by atoms with Gasteiger partial charge in [0.15, 0.2) is 0 Å². The normalized spacial score (nSPS) is 12.8. The summed E-state index contributed by atoms with van der Waals surface area (Å²) in [7, 11) is 0. The number of benzene rings is 2. The Hall–Kier alpha value is -3.16. The van der Waals surface area contributed by atoms with Gasteiger partial charge < -0.3 is 5.32 Å². The quantitative estimate of drug-likeness (QED) is 0.775. The Morgan fingerprint density at radius 2 is 1.88 bits per heavy atom. The molecule has 8 heteroatoms. The topological polar surface area (TPSA) is 64.0 Å². The Bertz CT molecular complexity index is 1030. The van der Waals surface area contributed by atoms with E-state index < -0.39 is 29.2 Å². The number of carbonyl (C=O) groups is 1. The average molecular weight is 361 g/mol. The molecule has 0 aliphatic carbocycles. The molecular weight excluding hydrogens is 347 g/mol. The Morgan fingerprint density at radius 1 is 1.15 bits per heavy atom. The molecule has 5 nitrogen and oxygen atoms in total. The zero-order valence-electron chi connectivity index (χ0n) is 13.6. The van der Waals surface area contributed by atoms with Crippen molar-refractivity contribution in [2.75, 3.05) is 5.32 Å². The first-order valence-electron chi connectivity index (χ1n) is 7.71.